The minimum Gasteiger partial charge on any atom is -0.495 e. The lowest BCUT2D eigenvalue weighted by Crippen LogP contribution is -2.24. The molecule has 0 aliphatic carbocycles. The van der Waals surface area contributed by atoms with Gasteiger partial charge in [0, 0.05) is 22.6 Å². The average molecular weight is 390 g/mol. The van der Waals surface area contributed by atoms with Crippen LogP contribution in [0.2, 0.25) is 0 Å². The number of hydrogen-bond donors (Lipinski definition) is 2. The Bertz CT molecular complexity index is 1040. The molecule has 6 nitrogen and oxygen atoms in total. The molecule has 0 saturated heterocycles. The smallest absolute Gasteiger partial charge is 0.339 e. The van der Waals surface area contributed by atoms with Crippen LogP contribution < -0.4 is 15.5 Å². The molecule has 0 spiro atoms. The van der Waals surface area contributed by atoms with Crippen molar-refractivity contribution in [1.29, 1.82) is 0 Å². The fraction of sp³-hybridized carbons (Fsp3) is 0.217. The number of benzene rings is 2. The topological polar surface area (TPSA) is 67.7 Å². The molecule has 6 heteroatoms. The number of para-hydroxylation sites is 3. The number of methoxy groups -OCH3 is 1. The number of ether oxygens (including phenoxy) is 1. The Kier molecular flexibility index (Phi) is 6.34. The van der Waals surface area contributed by atoms with Gasteiger partial charge in [0.2, 0.25) is 0 Å². The maximum Gasteiger partial charge on any atom is 0.339 e. The number of aryl methyl sites for hydroxylation is 2. The van der Waals surface area contributed by atoms with Crippen LogP contribution in [0.3, 0.4) is 0 Å². The van der Waals surface area contributed by atoms with Crippen LogP contribution in [-0.2, 0) is 6.42 Å². The summed E-state index contributed by atoms with van der Waals surface area (Å²) in [6, 6.07) is 17.2. The van der Waals surface area contributed by atoms with Crippen LogP contribution in [0.5, 0.6) is 5.75 Å². The first-order valence-corrected chi connectivity index (χ1v) is 9.55. The number of hydrazone groups is 1. The molecule has 29 heavy (non-hydrogen) atoms. The van der Waals surface area contributed by atoms with E-state index in [1.807, 2.05) is 18.2 Å². The summed E-state index contributed by atoms with van der Waals surface area (Å²) >= 11 is 0. The zero-order valence-corrected chi connectivity index (χ0v) is 17.2. The molecule has 0 aliphatic heterocycles. The van der Waals surface area contributed by atoms with E-state index in [-0.39, 0.29) is 0 Å². The van der Waals surface area contributed by atoms with Crippen molar-refractivity contribution < 1.29 is 9.53 Å². The van der Waals surface area contributed by atoms with Crippen molar-refractivity contribution in [2.45, 2.75) is 27.2 Å². The monoisotopic (exact) mass is 390 g/mol. The number of nitrogens with one attached hydrogen (secondary N) is 2. The van der Waals surface area contributed by atoms with Gasteiger partial charge in [-0.05, 0) is 50.1 Å². The van der Waals surface area contributed by atoms with Crippen molar-refractivity contribution in [3.63, 3.8) is 0 Å². The number of carbonyl (C=O) groups excluding carboxylic acids is 1. The first kappa shape index (κ1) is 20.2. The van der Waals surface area contributed by atoms with Gasteiger partial charge in [-0.3, -0.25) is 0 Å². The molecular formula is C23H26N4O2. The number of aromatic nitrogens is 1. The van der Waals surface area contributed by atoms with Crippen molar-refractivity contribution in [3.8, 4) is 11.4 Å². The van der Waals surface area contributed by atoms with Crippen molar-refractivity contribution in [3.05, 3.63) is 77.1 Å². The van der Waals surface area contributed by atoms with Crippen LogP contribution in [0.25, 0.3) is 5.69 Å². The maximum absolute atomic E-state index is 12.1. The standard InChI is InChI=1S/C23H26N4O2/c1-5-18-10-6-8-12-21(18)27-16(2)14-19(17(27)3)15-24-26-23(28)25-20-11-7-9-13-22(20)29-4/h6-15H,5H2,1-4H3,(H2,25,26,28)/b24-15+. The SMILES string of the molecule is CCc1ccccc1-n1c(C)cc(/C=N/NC(=O)Nc2ccccc2OC)c1C. The van der Waals surface area contributed by atoms with Crippen molar-refractivity contribution >= 4 is 17.9 Å². The fourth-order valence-corrected chi connectivity index (χ4v) is 3.38. The van der Waals surface area contributed by atoms with Gasteiger partial charge < -0.3 is 14.6 Å². The molecule has 1 heterocycles. The molecule has 2 amide bonds. The average Bonchev–Trinajstić information content (AvgIpc) is 3.01. The number of rotatable bonds is 6. The lowest BCUT2D eigenvalue weighted by atomic mass is 10.1. The van der Waals surface area contributed by atoms with Crippen LogP contribution in [0.4, 0.5) is 10.5 Å². The third-order valence-electron chi connectivity index (χ3n) is 4.81. The quantitative estimate of drug-likeness (QED) is 0.468. The molecule has 2 aromatic carbocycles. The van der Waals surface area contributed by atoms with Gasteiger partial charge in [-0.1, -0.05) is 37.3 Å². The van der Waals surface area contributed by atoms with Crippen molar-refractivity contribution in [2.75, 3.05) is 12.4 Å². The van der Waals surface area contributed by atoms with Crippen molar-refractivity contribution in [2.24, 2.45) is 5.10 Å². The van der Waals surface area contributed by atoms with Gasteiger partial charge in [-0.15, -0.1) is 0 Å². The van der Waals surface area contributed by atoms with E-state index in [1.54, 1.807) is 25.5 Å². The van der Waals surface area contributed by atoms with E-state index in [2.05, 4.69) is 65.4 Å². The normalized spacial score (nSPS) is 10.9. The number of anilines is 1. The van der Waals surface area contributed by atoms with Gasteiger partial charge in [0.15, 0.2) is 0 Å². The second-order valence-corrected chi connectivity index (χ2v) is 6.67. The molecule has 0 bridgehead atoms. The predicted octanol–water partition coefficient (Wildman–Crippen LogP) is 4.82. The summed E-state index contributed by atoms with van der Waals surface area (Å²) in [6.07, 6.45) is 2.62. The Morgan fingerprint density at radius 1 is 1.14 bits per heavy atom. The Hall–Kier alpha value is -3.54. The predicted molar refractivity (Wildman–Crippen MR) is 117 cm³/mol. The minimum atomic E-state index is -0.434. The van der Waals surface area contributed by atoms with Gasteiger partial charge in [-0.2, -0.15) is 5.10 Å². The van der Waals surface area contributed by atoms with E-state index in [9.17, 15) is 4.79 Å². The molecular weight excluding hydrogens is 364 g/mol. The molecule has 0 saturated carbocycles. The lowest BCUT2D eigenvalue weighted by Gasteiger charge is -2.13. The second kappa shape index (κ2) is 9.10. The highest BCUT2D eigenvalue weighted by Crippen LogP contribution is 2.24. The first-order valence-electron chi connectivity index (χ1n) is 9.55. The highest BCUT2D eigenvalue weighted by molar-refractivity contribution is 5.92. The zero-order valence-electron chi connectivity index (χ0n) is 17.2. The Labute approximate surface area is 171 Å². The second-order valence-electron chi connectivity index (χ2n) is 6.67. The number of urea groups is 1. The summed E-state index contributed by atoms with van der Waals surface area (Å²) in [6.45, 7) is 6.27. The molecule has 3 aromatic rings. The van der Waals surface area contributed by atoms with E-state index < -0.39 is 6.03 Å². The Morgan fingerprint density at radius 3 is 2.62 bits per heavy atom. The number of hydrogen-bond acceptors (Lipinski definition) is 3. The minimum absolute atomic E-state index is 0.434. The molecule has 0 fully saturated rings. The number of amides is 2. The van der Waals surface area contributed by atoms with E-state index in [4.69, 9.17) is 4.74 Å². The highest BCUT2D eigenvalue weighted by atomic mass is 16.5. The van der Waals surface area contributed by atoms with E-state index in [1.165, 1.54) is 11.3 Å². The molecule has 2 N–H and O–H groups in total. The molecule has 0 atom stereocenters. The molecule has 0 radical (unpaired) electrons. The Morgan fingerprint density at radius 2 is 1.86 bits per heavy atom. The molecule has 3 rings (SSSR count). The van der Waals surface area contributed by atoms with Gasteiger partial charge >= 0.3 is 6.03 Å². The molecule has 0 unspecified atom stereocenters. The van der Waals surface area contributed by atoms with Crippen LogP contribution >= 0.6 is 0 Å². The van der Waals surface area contributed by atoms with Crippen molar-refractivity contribution in [1.82, 2.24) is 9.99 Å². The summed E-state index contributed by atoms with van der Waals surface area (Å²) in [7, 11) is 1.56. The zero-order chi connectivity index (χ0) is 20.8. The summed E-state index contributed by atoms with van der Waals surface area (Å²) < 4.78 is 7.45. The molecule has 1 aromatic heterocycles. The maximum atomic E-state index is 12.1. The van der Waals surface area contributed by atoms with Crippen LogP contribution in [0.1, 0.15) is 29.4 Å². The Balaban J connectivity index is 1.74. The van der Waals surface area contributed by atoms with E-state index in [0.29, 0.717) is 11.4 Å². The lowest BCUT2D eigenvalue weighted by molar-refractivity contribution is 0.252. The van der Waals surface area contributed by atoms with Gasteiger partial charge in [0.1, 0.15) is 5.75 Å². The number of nitrogens with zero attached hydrogens (tertiary/aromatic N) is 2. The summed E-state index contributed by atoms with van der Waals surface area (Å²) in [5.41, 5.74) is 8.67. The third kappa shape index (κ3) is 4.48. The molecule has 0 aliphatic rings. The summed E-state index contributed by atoms with van der Waals surface area (Å²) in [5.74, 6) is 0.588. The summed E-state index contributed by atoms with van der Waals surface area (Å²) in [4.78, 5) is 12.1. The first-order chi connectivity index (χ1) is 14.0. The largest absolute Gasteiger partial charge is 0.495 e. The number of carbonyl (C=O) groups is 1. The van der Waals surface area contributed by atoms with Gasteiger partial charge in [-0.25, -0.2) is 10.2 Å². The molecule has 150 valence electrons. The van der Waals surface area contributed by atoms with Crippen LogP contribution in [0.15, 0.2) is 59.7 Å². The van der Waals surface area contributed by atoms with Crippen LogP contribution in [-0.4, -0.2) is 23.9 Å². The van der Waals surface area contributed by atoms with Crippen LogP contribution in [0, 0.1) is 13.8 Å². The van der Waals surface area contributed by atoms with Gasteiger partial charge in [0.25, 0.3) is 0 Å². The van der Waals surface area contributed by atoms with Gasteiger partial charge in [0.05, 0.1) is 19.0 Å². The van der Waals surface area contributed by atoms with E-state index in [0.717, 1.165) is 23.4 Å². The summed E-state index contributed by atoms with van der Waals surface area (Å²) in [5, 5.41) is 6.83. The third-order valence-corrected chi connectivity index (χ3v) is 4.81. The fourth-order valence-electron chi connectivity index (χ4n) is 3.38. The highest BCUT2D eigenvalue weighted by Gasteiger charge is 2.12. The van der Waals surface area contributed by atoms with E-state index >= 15 is 0 Å².